The van der Waals surface area contributed by atoms with E-state index in [1.807, 2.05) is 36.4 Å². The van der Waals surface area contributed by atoms with Gasteiger partial charge in [0.25, 0.3) is 0 Å². The Bertz CT molecular complexity index is 809. The number of hydrogen-bond donors (Lipinski definition) is 2. The van der Waals surface area contributed by atoms with Crippen molar-refractivity contribution in [3.8, 4) is 0 Å². The fraction of sp³-hybridized carbons (Fsp3) is 0.263. The molecule has 0 saturated carbocycles. The molecule has 1 aliphatic rings. The number of carbonyl (C=O) groups is 2. The van der Waals surface area contributed by atoms with E-state index in [9.17, 15) is 9.59 Å². The van der Waals surface area contributed by atoms with Gasteiger partial charge in [-0.3, -0.25) is 9.59 Å². The van der Waals surface area contributed by atoms with Crippen LogP contribution in [0.1, 0.15) is 18.1 Å². The van der Waals surface area contributed by atoms with Crippen LogP contribution in [0.2, 0.25) is 5.02 Å². The van der Waals surface area contributed by atoms with Crippen LogP contribution in [0, 0.1) is 5.92 Å². The molecule has 1 unspecified atom stereocenters. The second-order valence-electron chi connectivity index (χ2n) is 6.25. The summed E-state index contributed by atoms with van der Waals surface area (Å²) < 4.78 is 0. The van der Waals surface area contributed by atoms with Crippen LogP contribution in [0.4, 0.5) is 11.4 Å². The molecule has 0 aliphatic carbocycles. The molecule has 3 N–H and O–H groups in total. The first-order chi connectivity index (χ1) is 12.0. The Labute approximate surface area is 163 Å². The molecule has 0 spiro atoms. The van der Waals surface area contributed by atoms with Crippen molar-refractivity contribution in [2.75, 3.05) is 16.8 Å². The Hall–Kier alpha value is -2.08. The normalized spacial score (nSPS) is 13.8. The molecule has 0 saturated heterocycles. The minimum absolute atomic E-state index is 0. The second kappa shape index (κ2) is 8.54. The molecule has 2 amide bonds. The largest absolute Gasteiger partial charge is 0.330 e. The van der Waals surface area contributed by atoms with E-state index in [4.69, 9.17) is 17.3 Å². The second-order valence-corrected chi connectivity index (χ2v) is 6.69. The van der Waals surface area contributed by atoms with Crippen LogP contribution in [0.5, 0.6) is 0 Å². The number of hydrogen-bond acceptors (Lipinski definition) is 3. The predicted octanol–water partition coefficient (Wildman–Crippen LogP) is 3.38. The van der Waals surface area contributed by atoms with Crippen LogP contribution in [0.3, 0.4) is 0 Å². The third-order valence-corrected chi connectivity index (χ3v) is 4.58. The maximum absolute atomic E-state index is 12.3. The van der Waals surface area contributed by atoms with Gasteiger partial charge in [-0.1, -0.05) is 36.7 Å². The van der Waals surface area contributed by atoms with Crippen LogP contribution in [0.15, 0.2) is 42.5 Å². The molecular formula is C19H21Cl2N3O2. The number of anilines is 2. The van der Waals surface area contributed by atoms with Crippen LogP contribution >= 0.6 is 24.0 Å². The van der Waals surface area contributed by atoms with Crippen molar-refractivity contribution < 1.29 is 9.59 Å². The van der Waals surface area contributed by atoms with Crippen LogP contribution in [-0.4, -0.2) is 18.4 Å². The smallest absolute Gasteiger partial charge is 0.231 e. The third-order valence-electron chi connectivity index (χ3n) is 4.34. The zero-order valence-corrected chi connectivity index (χ0v) is 15.9. The SMILES string of the molecule is CC(CN)C(=O)Nc1ccc(CN2C(=O)Cc3ccc(Cl)cc32)cc1.Cl. The Morgan fingerprint density at radius 3 is 2.62 bits per heavy atom. The summed E-state index contributed by atoms with van der Waals surface area (Å²) in [4.78, 5) is 25.9. The van der Waals surface area contributed by atoms with E-state index < -0.39 is 0 Å². The standard InChI is InChI=1S/C19H20ClN3O2.ClH/c1-12(10-21)19(25)22-16-6-2-13(3-7-16)11-23-17-9-15(20)5-4-14(17)8-18(23)24;/h2-7,9,12H,8,10-11,21H2,1H3,(H,22,25);1H. The van der Waals surface area contributed by atoms with E-state index in [1.165, 1.54) is 0 Å². The van der Waals surface area contributed by atoms with Gasteiger partial charge in [0.05, 0.1) is 13.0 Å². The van der Waals surface area contributed by atoms with E-state index in [1.54, 1.807) is 17.9 Å². The molecule has 2 aromatic carbocycles. The molecule has 1 atom stereocenters. The lowest BCUT2D eigenvalue weighted by atomic mass is 10.1. The lowest BCUT2D eigenvalue weighted by molar-refractivity contribution is -0.119. The van der Waals surface area contributed by atoms with Crippen molar-refractivity contribution in [2.24, 2.45) is 11.7 Å². The number of nitrogens with two attached hydrogens (primary N) is 1. The number of nitrogens with zero attached hydrogens (tertiary/aromatic N) is 1. The summed E-state index contributed by atoms with van der Waals surface area (Å²) in [6, 6.07) is 13.0. The zero-order chi connectivity index (χ0) is 18.0. The Morgan fingerprint density at radius 2 is 1.96 bits per heavy atom. The summed E-state index contributed by atoms with van der Waals surface area (Å²) in [5, 5.41) is 3.44. The van der Waals surface area contributed by atoms with Crippen molar-refractivity contribution in [3.63, 3.8) is 0 Å². The molecular weight excluding hydrogens is 373 g/mol. The number of rotatable bonds is 5. The summed E-state index contributed by atoms with van der Waals surface area (Å²) in [6.45, 7) is 2.56. The Balaban J connectivity index is 0.00000243. The molecule has 5 nitrogen and oxygen atoms in total. The lowest BCUT2D eigenvalue weighted by Crippen LogP contribution is -2.27. The highest BCUT2D eigenvalue weighted by molar-refractivity contribution is 6.31. The van der Waals surface area contributed by atoms with Gasteiger partial charge < -0.3 is 16.0 Å². The number of nitrogens with one attached hydrogen (secondary N) is 1. The fourth-order valence-corrected chi connectivity index (χ4v) is 2.92. The van der Waals surface area contributed by atoms with Crippen molar-refractivity contribution in [1.29, 1.82) is 0 Å². The maximum Gasteiger partial charge on any atom is 0.231 e. The van der Waals surface area contributed by atoms with Crippen LogP contribution in [0.25, 0.3) is 0 Å². The van der Waals surface area contributed by atoms with Gasteiger partial charge in [-0.05, 0) is 35.4 Å². The fourth-order valence-electron chi connectivity index (χ4n) is 2.75. The average molecular weight is 394 g/mol. The third kappa shape index (κ3) is 4.36. The molecule has 0 fully saturated rings. The van der Waals surface area contributed by atoms with Gasteiger partial charge >= 0.3 is 0 Å². The van der Waals surface area contributed by atoms with Crippen molar-refractivity contribution in [1.82, 2.24) is 0 Å². The van der Waals surface area contributed by atoms with E-state index in [2.05, 4.69) is 5.32 Å². The van der Waals surface area contributed by atoms with Gasteiger partial charge in [-0.15, -0.1) is 12.4 Å². The van der Waals surface area contributed by atoms with Crippen molar-refractivity contribution >= 4 is 47.2 Å². The first-order valence-electron chi connectivity index (χ1n) is 8.16. The number of amides is 2. The van der Waals surface area contributed by atoms with E-state index in [0.717, 1.165) is 16.8 Å². The topological polar surface area (TPSA) is 75.4 Å². The number of fused-ring (bicyclic) bond motifs is 1. The number of carbonyl (C=O) groups excluding carboxylic acids is 2. The molecule has 0 bridgehead atoms. The Morgan fingerprint density at radius 1 is 1.27 bits per heavy atom. The van der Waals surface area contributed by atoms with Gasteiger partial charge in [0.1, 0.15) is 0 Å². The van der Waals surface area contributed by atoms with Gasteiger partial charge in [0.2, 0.25) is 11.8 Å². The quantitative estimate of drug-likeness (QED) is 0.817. The average Bonchev–Trinajstić information content (AvgIpc) is 2.91. The predicted molar refractivity (Wildman–Crippen MR) is 107 cm³/mol. The van der Waals surface area contributed by atoms with E-state index in [0.29, 0.717) is 30.2 Å². The minimum Gasteiger partial charge on any atom is -0.330 e. The van der Waals surface area contributed by atoms with Gasteiger partial charge in [-0.25, -0.2) is 0 Å². The molecule has 0 radical (unpaired) electrons. The summed E-state index contributed by atoms with van der Waals surface area (Å²) in [5.74, 6) is -0.275. The highest BCUT2D eigenvalue weighted by Gasteiger charge is 2.27. The lowest BCUT2D eigenvalue weighted by Gasteiger charge is -2.18. The molecule has 3 rings (SSSR count). The molecule has 0 aromatic heterocycles. The van der Waals surface area contributed by atoms with E-state index >= 15 is 0 Å². The first kappa shape index (κ1) is 20.2. The summed E-state index contributed by atoms with van der Waals surface area (Å²) >= 11 is 6.06. The van der Waals surface area contributed by atoms with Gasteiger partial charge in [0, 0.05) is 28.9 Å². The summed E-state index contributed by atoms with van der Waals surface area (Å²) in [7, 11) is 0. The Kier molecular flexibility index (Phi) is 6.64. The van der Waals surface area contributed by atoms with Gasteiger partial charge in [-0.2, -0.15) is 0 Å². The molecule has 7 heteroatoms. The van der Waals surface area contributed by atoms with E-state index in [-0.39, 0.29) is 30.1 Å². The molecule has 26 heavy (non-hydrogen) atoms. The molecule has 1 aliphatic heterocycles. The van der Waals surface area contributed by atoms with Crippen molar-refractivity contribution in [3.05, 3.63) is 58.6 Å². The summed E-state index contributed by atoms with van der Waals surface area (Å²) in [5.41, 5.74) is 9.05. The first-order valence-corrected chi connectivity index (χ1v) is 8.54. The minimum atomic E-state index is -0.233. The monoisotopic (exact) mass is 393 g/mol. The highest BCUT2D eigenvalue weighted by Crippen LogP contribution is 2.32. The van der Waals surface area contributed by atoms with Gasteiger partial charge in [0.15, 0.2) is 0 Å². The van der Waals surface area contributed by atoms with Crippen molar-refractivity contribution in [2.45, 2.75) is 19.9 Å². The number of halogens is 2. The molecule has 2 aromatic rings. The zero-order valence-electron chi connectivity index (χ0n) is 14.4. The summed E-state index contributed by atoms with van der Waals surface area (Å²) in [6.07, 6.45) is 0.400. The van der Waals surface area contributed by atoms with Crippen LogP contribution in [-0.2, 0) is 22.6 Å². The highest BCUT2D eigenvalue weighted by atomic mass is 35.5. The molecule has 1 heterocycles. The van der Waals surface area contributed by atoms with Crippen LogP contribution < -0.4 is 16.0 Å². The maximum atomic E-state index is 12.3. The molecule has 138 valence electrons. The number of benzene rings is 2.